The zero-order chi connectivity index (χ0) is 20.5. The molecule has 2 aliphatic heterocycles. The van der Waals surface area contributed by atoms with Gasteiger partial charge >= 0.3 is 0 Å². The molecule has 0 aromatic heterocycles. The molecule has 6 heteroatoms. The van der Waals surface area contributed by atoms with Crippen LogP contribution in [0.25, 0.3) is 0 Å². The molecule has 170 valence electrons. The molecule has 2 fully saturated rings. The zero-order valence-corrected chi connectivity index (χ0v) is 21.4. The average molecular weight is 529 g/mol. The number of piperidine rings is 2. The number of ether oxygens (including phenoxy) is 1. The highest BCUT2D eigenvalue weighted by Gasteiger charge is 2.29. The maximum atomic E-state index is 5.21. The number of nitrogens with zero attached hydrogens (tertiary/aromatic N) is 3. The van der Waals surface area contributed by atoms with Gasteiger partial charge in [0.15, 0.2) is 5.96 Å². The predicted octanol–water partition coefficient (Wildman–Crippen LogP) is 4.05. The number of hydrogen-bond donors (Lipinski definition) is 1. The molecule has 1 aromatic rings. The molecule has 0 saturated carbocycles. The van der Waals surface area contributed by atoms with Gasteiger partial charge in [0.1, 0.15) is 0 Å². The molecule has 30 heavy (non-hydrogen) atoms. The Kier molecular flexibility index (Phi) is 11.5. The summed E-state index contributed by atoms with van der Waals surface area (Å²) in [7, 11) is 1.78. The molecule has 1 aromatic carbocycles. The van der Waals surface area contributed by atoms with Crippen molar-refractivity contribution in [2.45, 2.75) is 39.0 Å². The first-order chi connectivity index (χ1) is 14.2. The van der Waals surface area contributed by atoms with Crippen LogP contribution >= 0.6 is 24.0 Å². The van der Waals surface area contributed by atoms with E-state index in [9.17, 15) is 0 Å². The van der Waals surface area contributed by atoms with E-state index in [0.717, 1.165) is 45.3 Å². The summed E-state index contributed by atoms with van der Waals surface area (Å²) in [6, 6.07) is 11.0. The number of hydrogen-bond acceptors (Lipinski definition) is 3. The number of nitrogens with one attached hydrogen (secondary N) is 1. The topological polar surface area (TPSA) is 40.1 Å². The minimum Gasteiger partial charge on any atom is -0.383 e. The molecule has 0 radical (unpaired) electrons. The Balaban J connectivity index is 0.00000320. The Morgan fingerprint density at radius 3 is 2.50 bits per heavy atom. The Morgan fingerprint density at radius 1 is 1.13 bits per heavy atom. The molecule has 1 N–H and O–H groups in total. The standard InChI is InChI=1S/C24H40N4O.HI/c1-4-25-24(26-18-21-10-13-27(14-11-21)16-17-29-3)28-15-12-23(20(2)19-28)22-8-6-5-7-9-22;/h5-9,20-21,23H,4,10-19H2,1-3H3,(H,25,26);1H. The molecule has 2 heterocycles. The van der Waals surface area contributed by atoms with Crippen LogP contribution in [0.1, 0.15) is 44.6 Å². The van der Waals surface area contributed by atoms with Crippen LogP contribution in [0.5, 0.6) is 0 Å². The van der Waals surface area contributed by atoms with E-state index in [1.54, 1.807) is 7.11 Å². The normalized spacial score (nSPS) is 23.8. The van der Waals surface area contributed by atoms with Gasteiger partial charge in [-0.05, 0) is 62.6 Å². The van der Waals surface area contributed by atoms with Crippen molar-refractivity contribution in [2.75, 3.05) is 59.5 Å². The Labute approximate surface area is 200 Å². The first-order valence-corrected chi connectivity index (χ1v) is 11.5. The largest absolute Gasteiger partial charge is 0.383 e. The van der Waals surface area contributed by atoms with Crippen molar-refractivity contribution < 1.29 is 4.74 Å². The summed E-state index contributed by atoms with van der Waals surface area (Å²) in [6.07, 6.45) is 3.70. The fourth-order valence-electron chi connectivity index (χ4n) is 4.79. The monoisotopic (exact) mass is 528 g/mol. The second-order valence-electron chi connectivity index (χ2n) is 8.70. The summed E-state index contributed by atoms with van der Waals surface area (Å²) in [5.74, 6) is 3.13. The molecular formula is C24H41IN4O. The van der Waals surface area contributed by atoms with Gasteiger partial charge in [0.2, 0.25) is 0 Å². The van der Waals surface area contributed by atoms with Crippen molar-refractivity contribution >= 4 is 29.9 Å². The third kappa shape index (κ3) is 7.38. The molecule has 2 atom stereocenters. The van der Waals surface area contributed by atoms with Crippen molar-refractivity contribution in [1.29, 1.82) is 0 Å². The lowest BCUT2D eigenvalue weighted by Gasteiger charge is -2.39. The quantitative estimate of drug-likeness (QED) is 0.330. The Hall–Kier alpha value is -0.860. The molecule has 0 amide bonds. The van der Waals surface area contributed by atoms with Crippen molar-refractivity contribution in [2.24, 2.45) is 16.8 Å². The van der Waals surface area contributed by atoms with E-state index < -0.39 is 0 Å². The van der Waals surface area contributed by atoms with Crippen LogP contribution < -0.4 is 5.32 Å². The average Bonchev–Trinajstić information content (AvgIpc) is 2.76. The highest BCUT2D eigenvalue weighted by molar-refractivity contribution is 14.0. The van der Waals surface area contributed by atoms with Gasteiger partial charge in [-0.15, -0.1) is 24.0 Å². The number of halogens is 1. The lowest BCUT2D eigenvalue weighted by Crippen LogP contribution is -2.48. The van der Waals surface area contributed by atoms with E-state index in [0.29, 0.717) is 17.8 Å². The van der Waals surface area contributed by atoms with Crippen LogP contribution in [-0.2, 0) is 4.74 Å². The van der Waals surface area contributed by atoms with E-state index in [-0.39, 0.29) is 24.0 Å². The smallest absolute Gasteiger partial charge is 0.193 e. The van der Waals surface area contributed by atoms with E-state index in [4.69, 9.17) is 9.73 Å². The van der Waals surface area contributed by atoms with Crippen molar-refractivity contribution in [3.8, 4) is 0 Å². The highest BCUT2D eigenvalue weighted by Crippen LogP contribution is 2.32. The maximum absolute atomic E-state index is 5.21. The van der Waals surface area contributed by atoms with E-state index in [1.165, 1.54) is 37.9 Å². The van der Waals surface area contributed by atoms with Crippen molar-refractivity contribution in [3.05, 3.63) is 35.9 Å². The van der Waals surface area contributed by atoms with Crippen LogP contribution in [0.4, 0.5) is 0 Å². The number of rotatable bonds is 7. The van der Waals surface area contributed by atoms with Crippen LogP contribution in [0.3, 0.4) is 0 Å². The Morgan fingerprint density at radius 2 is 1.87 bits per heavy atom. The van der Waals surface area contributed by atoms with Gasteiger partial charge in [-0.2, -0.15) is 0 Å². The van der Waals surface area contributed by atoms with Crippen LogP contribution in [0, 0.1) is 11.8 Å². The van der Waals surface area contributed by atoms with Gasteiger partial charge in [0, 0.05) is 39.8 Å². The van der Waals surface area contributed by atoms with Gasteiger partial charge in [-0.3, -0.25) is 4.99 Å². The predicted molar refractivity (Wildman–Crippen MR) is 137 cm³/mol. The van der Waals surface area contributed by atoms with Crippen LogP contribution in [-0.4, -0.2) is 75.3 Å². The highest BCUT2D eigenvalue weighted by atomic mass is 127. The molecule has 2 saturated heterocycles. The number of methoxy groups -OCH3 is 1. The van der Waals surface area contributed by atoms with Crippen LogP contribution in [0.15, 0.2) is 35.3 Å². The van der Waals surface area contributed by atoms with Crippen molar-refractivity contribution in [1.82, 2.24) is 15.1 Å². The number of aliphatic imine (C=N–C) groups is 1. The van der Waals surface area contributed by atoms with Gasteiger partial charge in [0.05, 0.1) is 6.61 Å². The summed E-state index contributed by atoms with van der Waals surface area (Å²) >= 11 is 0. The summed E-state index contributed by atoms with van der Waals surface area (Å²) < 4.78 is 5.21. The molecule has 2 aliphatic rings. The fraction of sp³-hybridized carbons (Fsp3) is 0.708. The maximum Gasteiger partial charge on any atom is 0.193 e. The summed E-state index contributed by atoms with van der Waals surface area (Å²) in [5, 5.41) is 3.55. The fourth-order valence-corrected chi connectivity index (χ4v) is 4.79. The van der Waals surface area contributed by atoms with Gasteiger partial charge in [0.25, 0.3) is 0 Å². The Bertz CT molecular complexity index is 619. The summed E-state index contributed by atoms with van der Waals surface area (Å²) in [4.78, 5) is 10.1. The lowest BCUT2D eigenvalue weighted by atomic mass is 9.82. The van der Waals surface area contributed by atoms with E-state index in [1.807, 2.05) is 0 Å². The zero-order valence-electron chi connectivity index (χ0n) is 19.1. The summed E-state index contributed by atoms with van der Waals surface area (Å²) in [6.45, 7) is 12.9. The third-order valence-electron chi connectivity index (χ3n) is 6.59. The molecule has 0 bridgehead atoms. The second kappa shape index (κ2) is 13.5. The molecule has 3 rings (SSSR count). The van der Waals surface area contributed by atoms with Gasteiger partial charge in [-0.25, -0.2) is 0 Å². The van der Waals surface area contributed by atoms with E-state index >= 15 is 0 Å². The first kappa shape index (κ1) is 25.4. The number of benzene rings is 1. The molecule has 2 unspecified atom stereocenters. The molecule has 0 spiro atoms. The van der Waals surface area contributed by atoms with E-state index in [2.05, 4.69) is 59.3 Å². The second-order valence-corrected chi connectivity index (χ2v) is 8.70. The van der Waals surface area contributed by atoms with Crippen molar-refractivity contribution in [3.63, 3.8) is 0 Å². The van der Waals surface area contributed by atoms with Gasteiger partial charge < -0.3 is 19.9 Å². The minimum absolute atomic E-state index is 0. The number of guanidine groups is 1. The van der Waals surface area contributed by atoms with Gasteiger partial charge in [-0.1, -0.05) is 37.3 Å². The molecule has 5 nitrogen and oxygen atoms in total. The first-order valence-electron chi connectivity index (χ1n) is 11.5. The lowest BCUT2D eigenvalue weighted by molar-refractivity contribution is 0.121. The third-order valence-corrected chi connectivity index (χ3v) is 6.59. The van der Waals surface area contributed by atoms with Crippen LogP contribution in [0.2, 0.25) is 0 Å². The number of likely N-dealkylation sites (tertiary alicyclic amines) is 2. The minimum atomic E-state index is 0. The molecular weight excluding hydrogens is 487 g/mol. The SMILES string of the molecule is CCNC(=NCC1CCN(CCOC)CC1)N1CCC(c2ccccc2)C(C)C1.I. The summed E-state index contributed by atoms with van der Waals surface area (Å²) in [5.41, 5.74) is 1.49. The molecule has 0 aliphatic carbocycles.